The lowest BCUT2D eigenvalue weighted by Gasteiger charge is -2.15. The summed E-state index contributed by atoms with van der Waals surface area (Å²) < 4.78 is -0.482. The van der Waals surface area contributed by atoms with Crippen LogP contribution < -0.4 is 5.32 Å². The minimum Gasteiger partial charge on any atom is -0.354 e. The van der Waals surface area contributed by atoms with Crippen LogP contribution in [0.1, 0.15) is 13.8 Å². The lowest BCUT2D eigenvalue weighted by Crippen LogP contribution is -2.38. The van der Waals surface area contributed by atoms with E-state index in [1.165, 1.54) is 0 Å². The van der Waals surface area contributed by atoms with Crippen molar-refractivity contribution in [2.24, 2.45) is 0 Å². The first-order valence-corrected chi connectivity index (χ1v) is 5.91. The van der Waals surface area contributed by atoms with Gasteiger partial charge in [0.2, 0.25) is 5.91 Å². The van der Waals surface area contributed by atoms with Crippen molar-refractivity contribution in [1.82, 2.24) is 5.32 Å². The van der Waals surface area contributed by atoms with E-state index in [-0.39, 0.29) is 5.91 Å². The molecule has 0 aliphatic heterocycles. The Hall–Kier alpha value is -0.140. The summed E-state index contributed by atoms with van der Waals surface area (Å²) in [4.78, 5) is 11.3. The number of carbonyl (C=O) groups is 1. The van der Waals surface area contributed by atoms with Gasteiger partial charge < -0.3 is 5.32 Å². The zero-order valence-electron chi connectivity index (χ0n) is 7.89. The molecular formula is C9H14BrNOS. The Balaban J connectivity index is 3.45. The first kappa shape index (κ1) is 12.9. The number of halogens is 1. The van der Waals surface area contributed by atoms with Crippen molar-refractivity contribution in [3.8, 4) is 12.3 Å². The quantitative estimate of drug-likeness (QED) is 0.464. The molecule has 4 heteroatoms. The largest absolute Gasteiger partial charge is 0.354 e. The third kappa shape index (κ3) is 6.97. The average molecular weight is 264 g/mol. The molecule has 0 aromatic carbocycles. The van der Waals surface area contributed by atoms with E-state index >= 15 is 0 Å². The van der Waals surface area contributed by atoms with Crippen molar-refractivity contribution in [3.05, 3.63) is 0 Å². The second-order valence-electron chi connectivity index (χ2n) is 2.99. The van der Waals surface area contributed by atoms with E-state index in [2.05, 4.69) is 27.2 Å². The maximum absolute atomic E-state index is 11.3. The number of nitrogens with one attached hydrogen (secondary N) is 1. The molecule has 0 spiro atoms. The molecule has 0 radical (unpaired) electrons. The predicted molar refractivity (Wildman–Crippen MR) is 62.2 cm³/mol. The average Bonchev–Trinajstić information content (AvgIpc) is 2.02. The van der Waals surface area contributed by atoms with Gasteiger partial charge in [-0.25, -0.2) is 0 Å². The second kappa shape index (κ2) is 6.33. The van der Waals surface area contributed by atoms with Crippen LogP contribution in [0.4, 0.5) is 0 Å². The number of rotatable bonds is 5. The highest BCUT2D eigenvalue weighted by Crippen LogP contribution is 2.14. The number of hydrogen-bond acceptors (Lipinski definition) is 2. The Labute approximate surface area is 92.4 Å². The van der Waals surface area contributed by atoms with Crippen LogP contribution in [0.3, 0.4) is 0 Å². The summed E-state index contributed by atoms with van der Waals surface area (Å²) in [6.07, 6.45) is 5.07. The van der Waals surface area contributed by atoms with E-state index in [9.17, 15) is 4.79 Å². The summed E-state index contributed by atoms with van der Waals surface area (Å²) in [7, 11) is 0. The summed E-state index contributed by atoms with van der Waals surface area (Å²) in [5, 5.41) is 2.81. The van der Waals surface area contributed by atoms with Crippen LogP contribution in [0.25, 0.3) is 0 Å². The van der Waals surface area contributed by atoms with E-state index in [1.54, 1.807) is 11.8 Å². The standard InChI is InChI=1S/C9H14BrNOS/c1-4-6-13-7-5-11-8(12)9(2,3)10/h1H,5-7H2,2-3H3,(H,11,12). The molecule has 0 aliphatic carbocycles. The molecule has 0 fully saturated rings. The van der Waals surface area contributed by atoms with Gasteiger partial charge in [0.15, 0.2) is 0 Å². The van der Waals surface area contributed by atoms with E-state index in [0.717, 1.165) is 5.75 Å². The monoisotopic (exact) mass is 263 g/mol. The lowest BCUT2D eigenvalue weighted by molar-refractivity contribution is -0.122. The van der Waals surface area contributed by atoms with Crippen molar-refractivity contribution in [2.45, 2.75) is 18.2 Å². The number of terminal acetylenes is 1. The van der Waals surface area contributed by atoms with E-state index in [1.807, 2.05) is 13.8 Å². The fourth-order valence-corrected chi connectivity index (χ4v) is 1.23. The third-order valence-corrected chi connectivity index (χ3v) is 2.48. The van der Waals surface area contributed by atoms with Gasteiger partial charge in [-0.15, -0.1) is 18.2 Å². The third-order valence-electron chi connectivity index (χ3n) is 1.26. The molecule has 0 bridgehead atoms. The lowest BCUT2D eigenvalue weighted by atomic mass is 10.2. The molecule has 0 aromatic rings. The Morgan fingerprint density at radius 1 is 1.69 bits per heavy atom. The van der Waals surface area contributed by atoms with Gasteiger partial charge >= 0.3 is 0 Å². The second-order valence-corrected chi connectivity index (χ2v) is 6.07. The zero-order valence-corrected chi connectivity index (χ0v) is 10.3. The van der Waals surface area contributed by atoms with Gasteiger partial charge in [0.05, 0.1) is 10.1 Å². The minimum absolute atomic E-state index is 0.00816. The van der Waals surface area contributed by atoms with Gasteiger partial charge in [-0.2, -0.15) is 0 Å². The fraction of sp³-hybridized carbons (Fsp3) is 0.667. The summed E-state index contributed by atoms with van der Waals surface area (Å²) >= 11 is 4.92. The molecule has 0 aliphatic rings. The van der Waals surface area contributed by atoms with Gasteiger partial charge in [0.25, 0.3) is 0 Å². The van der Waals surface area contributed by atoms with Crippen LogP contribution in [-0.2, 0) is 4.79 Å². The van der Waals surface area contributed by atoms with E-state index < -0.39 is 4.32 Å². The molecule has 0 unspecified atom stereocenters. The van der Waals surface area contributed by atoms with Crippen LogP contribution in [0.2, 0.25) is 0 Å². The normalized spacial score (nSPS) is 10.6. The molecular weight excluding hydrogens is 250 g/mol. The smallest absolute Gasteiger partial charge is 0.236 e. The van der Waals surface area contributed by atoms with Crippen molar-refractivity contribution in [3.63, 3.8) is 0 Å². The molecule has 13 heavy (non-hydrogen) atoms. The van der Waals surface area contributed by atoms with Crippen molar-refractivity contribution in [2.75, 3.05) is 18.1 Å². The predicted octanol–water partition coefficient (Wildman–Crippen LogP) is 1.64. The fourth-order valence-electron chi connectivity index (χ4n) is 0.578. The minimum atomic E-state index is -0.482. The highest BCUT2D eigenvalue weighted by molar-refractivity contribution is 9.10. The molecule has 0 rings (SSSR count). The maximum atomic E-state index is 11.3. The van der Waals surface area contributed by atoms with Crippen LogP contribution in [-0.4, -0.2) is 28.3 Å². The first-order valence-electron chi connectivity index (χ1n) is 3.97. The molecule has 0 saturated carbocycles. The Morgan fingerprint density at radius 2 is 2.31 bits per heavy atom. The van der Waals surface area contributed by atoms with E-state index in [0.29, 0.717) is 12.3 Å². The summed E-state index contributed by atoms with van der Waals surface area (Å²) in [6, 6.07) is 0. The first-order chi connectivity index (χ1) is 5.98. The van der Waals surface area contributed by atoms with Crippen LogP contribution in [0, 0.1) is 12.3 Å². The maximum Gasteiger partial charge on any atom is 0.236 e. The number of carbonyl (C=O) groups excluding carboxylic acids is 1. The molecule has 74 valence electrons. The van der Waals surface area contributed by atoms with Crippen LogP contribution >= 0.6 is 27.7 Å². The van der Waals surface area contributed by atoms with E-state index in [4.69, 9.17) is 6.42 Å². The molecule has 2 nitrogen and oxygen atoms in total. The van der Waals surface area contributed by atoms with Crippen molar-refractivity contribution >= 4 is 33.6 Å². The number of thioether (sulfide) groups is 1. The van der Waals surface area contributed by atoms with Gasteiger partial charge in [0.1, 0.15) is 0 Å². The zero-order chi connectivity index (χ0) is 10.3. The summed E-state index contributed by atoms with van der Waals surface area (Å²) in [5.74, 6) is 4.10. The molecule has 0 aromatic heterocycles. The van der Waals surface area contributed by atoms with Gasteiger partial charge in [-0.05, 0) is 13.8 Å². The summed E-state index contributed by atoms with van der Waals surface area (Å²) in [5.41, 5.74) is 0. The Morgan fingerprint density at radius 3 is 2.77 bits per heavy atom. The Bertz CT molecular complexity index is 205. The van der Waals surface area contributed by atoms with Crippen molar-refractivity contribution < 1.29 is 4.79 Å². The van der Waals surface area contributed by atoms with Gasteiger partial charge in [-0.1, -0.05) is 21.9 Å². The molecule has 1 amide bonds. The number of alkyl halides is 1. The SMILES string of the molecule is C#CCSCCNC(=O)C(C)(C)Br. The van der Waals surface area contributed by atoms with Gasteiger partial charge in [0, 0.05) is 12.3 Å². The molecule has 1 N–H and O–H groups in total. The van der Waals surface area contributed by atoms with Crippen molar-refractivity contribution in [1.29, 1.82) is 0 Å². The molecule has 0 atom stereocenters. The number of hydrogen-bond donors (Lipinski definition) is 1. The highest BCUT2D eigenvalue weighted by atomic mass is 79.9. The van der Waals surface area contributed by atoms with Gasteiger partial charge in [-0.3, -0.25) is 4.79 Å². The number of amides is 1. The highest BCUT2D eigenvalue weighted by Gasteiger charge is 2.22. The Kier molecular flexibility index (Phi) is 6.27. The van der Waals surface area contributed by atoms with Crippen LogP contribution in [0.5, 0.6) is 0 Å². The summed E-state index contributed by atoms with van der Waals surface area (Å²) in [6.45, 7) is 4.30. The molecule has 0 heterocycles. The topological polar surface area (TPSA) is 29.1 Å². The van der Waals surface area contributed by atoms with Crippen LogP contribution in [0.15, 0.2) is 0 Å². The molecule has 0 saturated heterocycles.